The highest BCUT2D eigenvalue weighted by Crippen LogP contribution is 2.29. The maximum atomic E-state index is 15.0. The minimum Gasteiger partial charge on any atom is -0.464 e. The summed E-state index contributed by atoms with van der Waals surface area (Å²) in [6.45, 7) is 4.06. The summed E-state index contributed by atoms with van der Waals surface area (Å²) in [7, 11) is 0. The summed E-state index contributed by atoms with van der Waals surface area (Å²) in [5, 5.41) is 3.31. The molecule has 45 heavy (non-hydrogen) atoms. The quantitative estimate of drug-likeness (QED) is 0.177. The van der Waals surface area contributed by atoms with Crippen molar-refractivity contribution in [3.63, 3.8) is 0 Å². The van der Waals surface area contributed by atoms with Crippen molar-refractivity contribution in [3.05, 3.63) is 101 Å². The average molecular weight is 628 g/mol. The highest BCUT2D eigenvalue weighted by atomic mass is 19.1. The first-order chi connectivity index (χ1) is 21.7. The van der Waals surface area contributed by atoms with Gasteiger partial charge in [-0.3, -0.25) is 14.6 Å². The van der Waals surface area contributed by atoms with Crippen LogP contribution >= 0.6 is 0 Å². The number of halogens is 3. The summed E-state index contributed by atoms with van der Waals surface area (Å²) in [5.41, 5.74) is 8.48. The molecule has 1 aliphatic rings. The van der Waals surface area contributed by atoms with E-state index >= 15 is 4.39 Å². The minimum absolute atomic E-state index is 0.139. The first-order valence-corrected chi connectivity index (χ1v) is 15.2. The Labute approximate surface area is 261 Å². The Kier molecular flexibility index (Phi) is 13.1. The lowest BCUT2D eigenvalue weighted by Crippen LogP contribution is -2.49. The van der Waals surface area contributed by atoms with Gasteiger partial charge in [-0.25, -0.2) is 13.2 Å². The monoisotopic (exact) mass is 627 g/mol. The lowest BCUT2D eigenvalue weighted by molar-refractivity contribution is -0.146. The molecule has 3 aromatic rings. The number of morpholine rings is 1. The highest BCUT2D eigenvalue weighted by molar-refractivity contribution is 5.87. The summed E-state index contributed by atoms with van der Waals surface area (Å²) in [5.74, 6) is -2.73. The van der Waals surface area contributed by atoms with Crippen molar-refractivity contribution in [1.82, 2.24) is 10.3 Å². The third kappa shape index (κ3) is 10.2. The van der Waals surface area contributed by atoms with E-state index in [4.69, 9.17) is 19.9 Å². The molecule has 0 bridgehead atoms. The Morgan fingerprint density at radius 2 is 1.71 bits per heavy atom. The first kappa shape index (κ1) is 34.2. The Hall–Kier alpha value is -3.64. The molecule has 1 aromatic heterocycles. The van der Waals surface area contributed by atoms with E-state index < -0.39 is 29.4 Å². The predicted molar refractivity (Wildman–Crippen MR) is 162 cm³/mol. The molecule has 0 aliphatic carbocycles. The zero-order chi connectivity index (χ0) is 32.2. The number of aromatic nitrogens is 1. The zero-order valence-corrected chi connectivity index (χ0v) is 25.4. The van der Waals surface area contributed by atoms with Crippen LogP contribution in [0.2, 0.25) is 0 Å². The van der Waals surface area contributed by atoms with E-state index in [1.807, 2.05) is 6.92 Å². The number of ether oxygens (including phenoxy) is 3. The van der Waals surface area contributed by atoms with Gasteiger partial charge in [-0.15, -0.1) is 0 Å². The molecule has 242 valence electrons. The fourth-order valence-corrected chi connectivity index (χ4v) is 5.37. The molecule has 11 heteroatoms. The maximum absolute atomic E-state index is 15.0. The third-order valence-electron chi connectivity index (χ3n) is 7.85. The molecule has 2 heterocycles. The number of hydrogen-bond acceptors (Lipinski definition) is 8. The molecule has 0 saturated carbocycles. The lowest BCUT2D eigenvalue weighted by Gasteiger charge is -2.30. The molecule has 0 amide bonds. The molecule has 1 fully saturated rings. The first-order valence-electron chi connectivity index (χ1n) is 15.2. The second kappa shape index (κ2) is 17.2. The van der Waals surface area contributed by atoms with Crippen LogP contribution in [0.25, 0.3) is 0 Å². The van der Waals surface area contributed by atoms with Crippen LogP contribution in [0.3, 0.4) is 0 Å². The van der Waals surface area contributed by atoms with Crippen molar-refractivity contribution in [1.29, 1.82) is 0 Å². The van der Waals surface area contributed by atoms with E-state index in [2.05, 4.69) is 10.3 Å². The van der Waals surface area contributed by atoms with Gasteiger partial charge in [-0.05, 0) is 72.7 Å². The summed E-state index contributed by atoms with van der Waals surface area (Å²) in [4.78, 5) is 29.4. The van der Waals surface area contributed by atoms with Gasteiger partial charge >= 0.3 is 5.97 Å². The van der Waals surface area contributed by atoms with Gasteiger partial charge in [0.05, 0.1) is 31.0 Å². The molecule has 3 N–H and O–H groups in total. The molecule has 2 aromatic carbocycles. The predicted octanol–water partition coefficient (Wildman–Crippen LogP) is 4.42. The summed E-state index contributed by atoms with van der Waals surface area (Å²) < 4.78 is 58.8. The Morgan fingerprint density at radius 1 is 1.04 bits per heavy atom. The molecule has 0 unspecified atom stereocenters. The van der Waals surface area contributed by atoms with Crippen LogP contribution in [-0.4, -0.2) is 67.9 Å². The molecule has 1 aliphatic heterocycles. The van der Waals surface area contributed by atoms with Gasteiger partial charge in [0.2, 0.25) is 0 Å². The second-order valence-electron chi connectivity index (χ2n) is 11.1. The topological polar surface area (TPSA) is 113 Å². The number of nitrogens with zero attached hydrogens (tertiary/aromatic N) is 1. The number of hydrogen-bond donors (Lipinski definition) is 2. The van der Waals surface area contributed by atoms with E-state index in [1.54, 1.807) is 24.3 Å². The number of esters is 1. The van der Waals surface area contributed by atoms with Crippen LogP contribution in [0, 0.1) is 17.5 Å². The van der Waals surface area contributed by atoms with E-state index in [0.29, 0.717) is 74.3 Å². The number of benzene rings is 2. The maximum Gasteiger partial charge on any atom is 0.305 e. The number of nitrogens with two attached hydrogens (primary N) is 1. The van der Waals surface area contributed by atoms with Crippen LogP contribution in [0.1, 0.15) is 54.4 Å². The number of ketones is 1. The number of carbonyl (C=O) groups excluding carboxylic acids is 2. The molecule has 0 spiro atoms. The number of pyridine rings is 1. The molecule has 3 atom stereocenters. The van der Waals surface area contributed by atoms with Gasteiger partial charge in [-0.1, -0.05) is 24.3 Å². The fraction of sp³-hybridized carbons (Fsp3) is 0.441. The van der Waals surface area contributed by atoms with Gasteiger partial charge in [-0.2, -0.15) is 0 Å². The van der Waals surface area contributed by atoms with Crippen LogP contribution in [0.5, 0.6) is 0 Å². The van der Waals surface area contributed by atoms with E-state index in [9.17, 15) is 18.4 Å². The van der Waals surface area contributed by atoms with Crippen molar-refractivity contribution in [2.75, 3.05) is 33.0 Å². The number of nitrogens with one attached hydrogen (secondary N) is 1. The average Bonchev–Trinajstić information content (AvgIpc) is 3.04. The minimum atomic E-state index is -1.07. The smallest absolute Gasteiger partial charge is 0.305 e. The van der Waals surface area contributed by atoms with Gasteiger partial charge < -0.3 is 25.3 Å². The Bertz CT molecular complexity index is 1340. The highest BCUT2D eigenvalue weighted by Gasteiger charge is 2.29. The summed E-state index contributed by atoms with van der Waals surface area (Å²) in [6.07, 6.45) is 3.90. The van der Waals surface area contributed by atoms with E-state index in [-0.39, 0.29) is 36.9 Å². The van der Waals surface area contributed by atoms with Crippen molar-refractivity contribution < 1.29 is 37.0 Å². The Balaban J connectivity index is 1.34. The second-order valence-corrected chi connectivity index (χ2v) is 11.1. The van der Waals surface area contributed by atoms with Crippen LogP contribution in [0.15, 0.2) is 60.9 Å². The number of rotatable bonds is 16. The number of carbonyl (C=O) groups is 2. The molecule has 0 radical (unpaired) electrons. The standard InChI is InChI=1S/C34H40F3N3O5/c1-2-43-15-3-4-32(42)45-21-27-20-44-28(18-40-27)13-14-29-24(17-39-19-30(29)37)16-31(41)34(38)33(22-5-9-25(35)10-6-22)23-7-11-26(36)12-8-23/h5-12,17,19,27-28,33-34,40H,2-4,13-16,18,20-21,38H2,1H3/t27-,28+,34+/m0/s1. The van der Waals surface area contributed by atoms with Crippen molar-refractivity contribution >= 4 is 11.8 Å². The van der Waals surface area contributed by atoms with Crippen LogP contribution in [0.4, 0.5) is 13.2 Å². The SMILES string of the molecule is CCOCCCC(=O)OC[C@@H]1CO[C@H](CCc2c(F)cncc2CC(=O)[C@@H](N)C(c2ccc(F)cc2)c2ccc(F)cc2)CN1. The third-order valence-corrected chi connectivity index (χ3v) is 7.85. The van der Waals surface area contributed by atoms with Crippen LogP contribution < -0.4 is 11.1 Å². The molecule has 1 saturated heterocycles. The molecule has 4 rings (SSSR count). The van der Waals surface area contributed by atoms with E-state index in [0.717, 1.165) is 6.20 Å². The van der Waals surface area contributed by atoms with Gasteiger partial charge in [0.25, 0.3) is 0 Å². The zero-order valence-electron chi connectivity index (χ0n) is 25.4. The van der Waals surface area contributed by atoms with Gasteiger partial charge in [0.1, 0.15) is 24.1 Å². The van der Waals surface area contributed by atoms with Crippen LogP contribution in [-0.2, 0) is 36.6 Å². The largest absolute Gasteiger partial charge is 0.464 e. The van der Waals surface area contributed by atoms with Crippen molar-refractivity contribution in [2.45, 2.75) is 63.1 Å². The van der Waals surface area contributed by atoms with Crippen molar-refractivity contribution in [2.24, 2.45) is 5.73 Å². The van der Waals surface area contributed by atoms with Crippen molar-refractivity contribution in [3.8, 4) is 0 Å². The fourth-order valence-electron chi connectivity index (χ4n) is 5.37. The molecular formula is C34H40F3N3O5. The summed E-state index contributed by atoms with van der Waals surface area (Å²) in [6, 6.07) is 10.1. The normalized spacial score (nSPS) is 17.3. The van der Waals surface area contributed by atoms with E-state index in [1.165, 1.54) is 30.5 Å². The number of Topliss-reactive ketones (excluding diaryl/α,β-unsaturated/α-hetero) is 1. The Morgan fingerprint density at radius 3 is 2.31 bits per heavy atom. The van der Waals surface area contributed by atoms with Gasteiger partial charge in [0, 0.05) is 44.7 Å². The lowest BCUT2D eigenvalue weighted by atomic mass is 9.82. The van der Waals surface area contributed by atoms with Gasteiger partial charge in [0.15, 0.2) is 5.78 Å². The molecular weight excluding hydrogens is 587 g/mol. The summed E-state index contributed by atoms with van der Waals surface area (Å²) >= 11 is 0. The molecule has 8 nitrogen and oxygen atoms in total.